The van der Waals surface area contributed by atoms with E-state index in [0.717, 1.165) is 49.0 Å². The van der Waals surface area contributed by atoms with Crippen molar-refractivity contribution in [3.63, 3.8) is 0 Å². The predicted molar refractivity (Wildman–Crippen MR) is 117 cm³/mol. The van der Waals surface area contributed by atoms with E-state index in [1.54, 1.807) is 12.3 Å². The summed E-state index contributed by atoms with van der Waals surface area (Å²) in [5.74, 6) is -0.0547. The smallest absolute Gasteiger partial charge is 0.124 e. The van der Waals surface area contributed by atoms with Gasteiger partial charge in [0, 0.05) is 35.8 Å². The Morgan fingerprint density at radius 1 is 1.17 bits per heavy atom. The summed E-state index contributed by atoms with van der Waals surface area (Å²) in [5, 5.41) is 22.1. The maximum atomic E-state index is 13.5. The number of halogens is 3. The summed E-state index contributed by atoms with van der Waals surface area (Å²) in [6.45, 7) is 0.877. The van der Waals surface area contributed by atoms with Crippen LogP contribution in [0.1, 0.15) is 54.5 Å². The molecule has 2 aliphatic heterocycles. The van der Waals surface area contributed by atoms with Crippen molar-refractivity contribution in [2.24, 2.45) is 5.92 Å². The molecule has 0 radical (unpaired) electrons. The van der Waals surface area contributed by atoms with Crippen LogP contribution < -0.4 is 0 Å². The second-order valence-electron chi connectivity index (χ2n) is 8.86. The molecule has 2 fully saturated rings. The van der Waals surface area contributed by atoms with Crippen LogP contribution in [-0.4, -0.2) is 44.8 Å². The molecule has 1 aromatic heterocycles. The molecule has 5 rings (SSSR count). The van der Waals surface area contributed by atoms with Gasteiger partial charge in [0.1, 0.15) is 5.82 Å². The van der Waals surface area contributed by atoms with Crippen molar-refractivity contribution in [2.75, 3.05) is 6.54 Å². The van der Waals surface area contributed by atoms with Gasteiger partial charge in [0.15, 0.2) is 0 Å². The fraction of sp³-hybridized carbons (Fsp3) is 0.522. The molecule has 2 bridgehead atoms. The number of rotatable bonds is 3. The van der Waals surface area contributed by atoms with Crippen molar-refractivity contribution in [2.45, 2.75) is 62.3 Å². The van der Waals surface area contributed by atoms with Gasteiger partial charge >= 0.3 is 0 Å². The topological polar surface area (TPSA) is 56.6 Å². The van der Waals surface area contributed by atoms with Crippen molar-refractivity contribution in [3.8, 4) is 0 Å². The number of piperidine rings is 1. The number of pyridine rings is 1. The molecule has 1 aliphatic carbocycles. The molecule has 2 aromatic rings. The van der Waals surface area contributed by atoms with Crippen molar-refractivity contribution in [1.82, 2.24) is 9.88 Å². The van der Waals surface area contributed by atoms with Crippen LogP contribution in [0.4, 0.5) is 4.39 Å². The van der Waals surface area contributed by atoms with Crippen LogP contribution in [0.15, 0.2) is 36.5 Å². The first-order valence-corrected chi connectivity index (χ1v) is 10.9. The SMILES string of the molecule is Cl.O[C@@H]1[C@@H](c2ccc(F)cc2Cl)CC2CC[C@@H]1N2C[C@@H]1Cc2cccnc2[C@@H](O)C1. The Balaban J connectivity index is 0.00000218. The third-order valence-electron chi connectivity index (χ3n) is 7.16. The van der Waals surface area contributed by atoms with Crippen LogP contribution in [0.5, 0.6) is 0 Å². The molecule has 0 spiro atoms. The third kappa shape index (κ3) is 3.87. The summed E-state index contributed by atoms with van der Waals surface area (Å²) < 4.78 is 13.5. The molecule has 162 valence electrons. The van der Waals surface area contributed by atoms with Gasteiger partial charge in [0.05, 0.1) is 17.9 Å². The summed E-state index contributed by atoms with van der Waals surface area (Å²) in [6, 6.07) is 8.96. The number of aliphatic hydroxyl groups is 2. The Bertz CT molecular complexity index is 915. The highest BCUT2D eigenvalue weighted by Crippen LogP contribution is 2.46. The summed E-state index contributed by atoms with van der Waals surface area (Å²) in [7, 11) is 0. The summed E-state index contributed by atoms with van der Waals surface area (Å²) in [6.07, 6.45) is 5.20. The van der Waals surface area contributed by atoms with E-state index in [4.69, 9.17) is 11.6 Å². The van der Waals surface area contributed by atoms with Gasteiger partial charge in [-0.25, -0.2) is 4.39 Å². The zero-order chi connectivity index (χ0) is 20.1. The first-order chi connectivity index (χ1) is 14.0. The monoisotopic (exact) mass is 452 g/mol. The van der Waals surface area contributed by atoms with E-state index in [-0.39, 0.29) is 30.2 Å². The van der Waals surface area contributed by atoms with Gasteiger partial charge < -0.3 is 10.2 Å². The third-order valence-corrected chi connectivity index (χ3v) is 7.49. The average Bonchev–Trinajstić information content (AvgIpc) is 2.99. The second-order valence-corrected chi connectivity index (χ2v) is 9.27. The molecule has 1 unspecified atom stereocenters. The average molecular weight is 453 g/mol. The predicted octanol–water partition coefficient (Wildman–Crippen LogP) is 4.27. The molecule has 0 amide bonds. The number of aliphatic hydroxyl groups excluding tert-OH is 2. The van der Waals surface area contributed by atoms with Gasteiger partial charge in [-0.3, -0.25) is 9.88 Å². The lowest BCUT2D eigenvalue weighted by molar-refractivity contribution is -0.0150. The van der Waals surface area contributed by atoms with E-state index in [1.807, 2.05) is 6.07 Å². The van der Waals surface area contributed by atoms with Crippen LogP contribution in [0.25, 0.3) is 0 Å². The van der Waals surface area contributed by atoms with E-state index in [2.05, 4.69) is 16.0 Å². The molecule has 2 N–H and O–H groups in total. The maximum Gasteiger partial charge on any atom is 0.124 e. The minimum atomic E-state index is -0.515. The highest BCUT2D eigenvalue weighted by atomic mass is 35.5. The molecule has 2 saturated heterocycles. The van der Waals surface area contributed by atoms with Gasteiger partial charge in [-0.05, 0) is 67.3 Å². The molecule has 4 nitrogen and oxygen atoms in total. The zero-order valence-corrected chi connectivity index (χ0v) is 18.2. The Labute approximate surface area is 187 Å². The largest absolute Gasteiger partial charge is 0.391 e. The molecular weight excluding hydrogens is 426 g/mol. The standard InChI is InChI=1S/C23H26ClFN2O2.ClH/c24-19-10-15(25)3-5-17(19)18-11-16-4-6-20(23(18)29)27(16)12-13-8-14-2-1-7-26-22(14)21(28)9-13;/h1-3,5,7,10,13,16,18,20-21,23,28-29H,4,6,8-9,11-12H2;1H/t13-,16?,18-,20+,21+,23-;/m1./s1. The number of benzene rings is 1. The minimum absolute atomic E-state index is 0. The molecular formula is C23H27Cl2FN2O2. The van der Waals surface area contributed by atoms with E-state index in [0.29, 0.717) is 23.4 Å². The number of hydrogen-bond donors (Lipinski definition) is 2. The van der Waals surface area contributed by atoms with Gasteiger partial charge in [-0.15, -0.1) is 12.4 Å². The highest BCUT2D eigenvalue weighted by molar-refractivity contribution is 6.31. The molecule has 3 aliphatic rings. The Hall–Kier alpha value is -1.24. The normalized spacial score (nSPS) is 33.1. The Morgan fingerprint density at radius 2 is 2.00 bits per heavy atom. The minimum Gasteiger partial charge on any atom is -0.391 e. The number of fused-ring (bicyclic) bond motifs is 3. The highest BCUT2D eigenvalue weighted by Gasteiger charge is 2.48. The van der Waals surface area contributed by atoms with Crippen molar-refractivity contribution >= 4 is 24.0 Å². The van der Waals surface area contributed by atoms with Crippen LogP contribution in [0.2, 0.25) is 5.02 Å². The molecule has 30 heavy (non-hydrogen) atoms. The summed E-state index contributed by atoms with van der Waals surface area (Å²) in [4.78, 5) is 6.81. The van der Waals surface area contributed by atoms with E-state index < -0.39 is 12.2 Å². The molecule has 7 heteroatoms. The first-order valence-electron chi connectivity index (χ1n) is 10.5. The number of aromatic nitrogens is 1. The van der Waals surface area contributed by atoms with E-state index in [1.165, 1.54) is 12.1 Å². The van der Waals surface area contributed by atoms with Crippen molar-refractivity contribution in [1.29, 1.82) is 0 Å². The van der Waals surface area contributed by atoms with E-state index in [9.17, 15) is 14.6 Å². The van der Waals surface area contributed by atoms with Gasteiger partial charge in [-0.2, -0.15) is 0 Å². The molecule has 1 aromatic carbocycles. The first kappa shape index (κ1) is 22.0. The number of hydrogen-bond acceptors (Lipinski definition) is 4. The lowest BCUT2D eigenvalue weighted by Crippen LogP contribution is -2.52. The lowest BCUT2D eigenvalue weighted by atomic mass is 9.80. The van der Waals surface area contributed by atoms with Crippen LogP contribution in [0, 0.1) is 11.7 Å². The number of nitrogens with zero attached hydrogens (tertiary/aromatic N) is 2. The lowest BCUT2D eigenvalue weighted by Gasteiger charge is -2.45. The second kappa shape index (κ2) is 8.71. The zero-order valence-electron chi connectivity index (χ0n) is 16.6. The fourth-order valence-corrected chi connectivity index (χ4v) is 6.17. The molecule has 3 heterocycles. The Morgan fingerprint density at radius 3 is 2.80 bits per heavy atom. The summed E-state index contributed by atoms with van der Waals surface area (Å²) >= 11 is 6.30. The fourth-order valence-electron chi connectivity index (χ4n) is 5.87. The van der Waals surface area contributed by atoms with Gasteiger partial charge in [0.25, 0.3) is 0 Å². The molecule has 0 saturated carbocycles. The summed E-state index contributed by atoms with van der Waals surface area (Å²) in [5.41, 5.74) is 2.80. The van der Waals surface area contributed by atoms with Crippen LogP contribution >= 0.6 is 24.0 Å². The maximum absolute atomic E-state index is 13.5. The molecule has 6 atom stereocenters. The quantitative estimate of drug-likeness (QED) is 0.729. The van der Waals surface area contributed by atoms with Crippen molar-refractivity contribution < 1.29 is 14.6 Å². The van der Waals surface area contributed by atoms with Crippen LogP contribution in [0.3, 0.4) is 0 Å². The van der Waals surface area contributed by atoms with Crippen molar-refractivity contribution in [3.05, 3.63) is 64.2 Å². The van der Waals surface area contributed by atoms with Crippen LogP contribution in [-0.2, 0) is 6.42 Å². The van der Waals surface area contributed by atoms with Gasteiger partial charge in [-0.1, -0.05) is 23.7 Å². The van der Waals surface area contributed by atoms with E-state index >= 15 is 0 Å². The Kier molecular flexibility index (Phi) is 6.38. The van der Waals surface area contributed by atoms with Gasteiger partial charge in [0.2, 0.25) is 0 Å².